The van der Waals surface area contributed by atoms with Gasteiger partial charge >= 0.3 is 0 Å². The zero-order valence-electron chi connectivity index (χ0n) is 12.8. The molecule has 0 bridgehead atoms. The molecule has 112 valence electrons. The van der Waals surface area contributed by atoms with E-state index in [9.17, 15) is 0 Å². The van der Waals surface area contributed by atoms with E-state index in [1.165, 1.54) is 11.3 Å². The number of ether oxygens (including phenoxy) is 1. The fourth-order valence-corrected chi connectivity index (χ4v) is 2.30. The first-order valence-electron chi connectivity index (χ1n) is 6.98. The van der Waals surface area contributed by atoms with Crippen molar-refractivity contribution in [3.05, 3.63) is 36.5 Å². The Morgan fingerprint density at radius 2 is 1.95 bits per heavy atom. The first-order chi connectivity index (χ1) is 9.51. The Hall–Kier alpha value is -1.13. The number of hydrogen-bond donors (Lipinski definition) is 1. The van der Waals surface area contributed by atoms with Gasteiger partial charge in [-0.3, -0.25) is 10.3 Å². The van der Waals surface area contributed by atoms with Crippen molar-refractivity contribution >= 4 is 11.8 Å². The lowest BCUT2D eigenvalue weighted by Crippen LogP contribution is -2.25. The van der Waals surface area contributed by atoms with Crippen LogP contribution in [0.2, 0.25) is 0 Å². The van der Waals surface area contributed by atoms with Gasteiger partial charge in [0.1, 0.15) is 18.5 Å². The average Bonchev–Trinajstić information content (AvgIpc) is 2.44. The van der Waals surface area contributed by atoms with E-state index in [1.807, 2.05) is 37.7 Å². The predicted octanol–water partition coefficient (Wildman–Crippen LogP) is 4.40. The number of rotatable bonds is 9. The van der Waals surface area contributed by atoms with Crippen molar-refractivity contribution in [2.45, 2.75) is 50.4 Å². The van der Waals surface area contributed by atoms with Crippen LogP contribution >= 0.6 is 11.8 Å². The van der Waals surface area contributed by atoms with Gasteiger partial charge in [-0.1, -0.05) is 20.4 Å². The van der Waals surface area contributed by atoms with Crippen molar-refractivity contribution in [2.75, 3.05) is 6.61 Å². The highest BCUT2D eigenvalue weighted by molar-refractivity contribution is 7.99. The molecule has 0 aliphatic heterocycles. The number of thioether (sulfide) groups is 1. The maximum atomic E-state index is 5.68. The van der Waals surface area contributed by atoms with Crippen LogP contribution in [-0.2, 0) is 4.84 Å². The van der Waals surface area contributed by atoms with Gasteiger partial charge in [0.25, 0.3) is 0 Å². The second-order valence-corrected chi connectivity index (χ2v) is 6.44. The van der Waals surface area contributed by atoms with Crippen LogP contribution in [0.15, 0.2) is 41.4 Å². The van der Waals surface area contributed by atoms with E-state index >= 15 is 0 Å². The minimum atomic E-state index is -0.0409. The van der Waals surface area contributed by atoms with Crippen molar-refractivity contribution in [1.29, 1.82) is 0 Å². The monoisotopic (exact) mass is 295 g/mol. The van der Waals surface area contributed by atoms with Gasteiger partial charge in [-0.15, -0.1) is 11.8 Å². The third-order valence-electron chi connectivity index (χ3n) is 2.65. The number of allylic oxidation sites excluding steroid dienone is 1. The van der Waals surface area contributed by atoms with E-state index in [4.69, 9.17) is 9.57 Å². The Morgan fingerprint density at radius 3 is 2.50 bits per heavy atom. The van der Waals surface area contributed by atoms with Gasteiger partial charge in [-0.2, -0.15) is 0 Å². The van der Waals surface area contributed by atoms with Crippen LogP contribution in [0.5, 0.6) is 5.75 Å². The van der Waals surface area contributed by atoms with E-state index in [-0.39, 0.29) is 6.10 Å². The van der Waals surface area contributed by atoms with Crippen molar-refractivity contribution in [3.8, 4) is 5.75 Å². The van der Waals surface area contributed by atoms with Crippen molar-refractivity contribution in [2.24, 2.45) is 0 Å². The molecule has 0 amide bonds. The van der Waals surface area contributed by atoms with Gasteiger partial charge in [-0.25, -0.2) is 0 Å². The molecule has 0 radical (unpaired) electrons. The molecule has 1 aromatic carbocycles. The predicted molar refractivity (Wildman–Crippen MR) is 86.0 cm³/mol. The minimum Gasteiger partial charge on any atom is -0.491 e. The van der Waals surface area contributed by atoms with Crippen LogP contribution in [0, 0.1) is 0 Å². The molecule has 0 aliphatic rings. The third kappa shape index (κ3) is 6.87. The zero-order valence-corrected chi connectivity index (χ0v) is 13.6. The molecule has 4 heteroatoms. The summed E-state index contributed by atoms with van der Waals surface area (Å²) in [5.74, 6) is 0.865. The fourth-order valence-electron chi connectivity index (χ4n) is 1.38. The van der Waals surface area contributed by atoms with Crippen molar-refractivity contribution in [3.63, 3.8) is 0 Å². The summed E-state index contributed by atoms with van der Waals surface area (Å²) in [6.07, 6.45) is 1.13. The molecule has 2 unspecified atom stereocenters. The van der Waals surface area contributed by atoms with Crippen LogP contribution in [0.1, 0.15) is 34.1 Å². The Balaban J connectivity index is 2.36. The Labute approximate surface area is 126 Å². The molecule has 0 fully saturated rings. The second kappa shape index (κ2) is 8.93. The lowest BCUT2D eigenvalue weighted by atomic mass is 10.3. The summed E-state index contributed by atoms with van der Waals surface area (Å²) in [7, 11) is 0. The highest BCUT2D eigenvalue weighted by Gasteiger charge is 2.05. The zero-order chi connectivity index (χ0) is 15.0. The fraction of sp³-hybridized carbons (Fsp3) is 0.500. The standard InChI is InChI=1S/C16H25NO2S/c1-6-14(5)20-16-9-7-15(8-10-16)18-11-13(4)19-17-12(2)3/h7-10,13-14,17H,2,6,11H2,1,3-5H3. The molecule has 0 heterocycles. The van der Waals surface area contributed by atoms with E-state index in [1.54, 1.807) is 0 Å². The van der Waals surface area contributed by atoms with Crippen LogP contribution in [0.4, 0.5) is 0 Å². The highest BCUT2D eigenvalue weighted by Crippen LogP contribution is 2.26. The van der Waals surface area contributed by atoms with Crippen LogP contribution < -0.4 is 10.2 Å². The second-order valence-electron chi connectivity index (χ2n) is 4.93. The van der Waals surface area contributed by atoms with Crippen LogP contribution in [-0.4, -0.2) is 18.0 Å². The topological polar surface area (TPSA) is 30.5 Å². The molecule has 1 rings (SSSR count). The van der Waals surface area contributed by atoms with E-state index in [0.717, 1.165) is 11.4 Å². The van der Waals surface area contributed by atoms with Gasteiger partial charge in [-0.05, 0) is 44.5 Å². The Kier molecular flexibility index (Phi) is 7.55. The smallest absolute Gasteiger partial charge is 0.119 e. The Morgan fingerprint density at radius 1 is 1.30 bits per heavy atom. The molecule has 0 aliphatic carbocycles. The lowest BCUT2D eigenvalue weighted by molar-refractivity contribution is -0.0201. The van der Waals surface area contributed by atoms with Crippen molar-refractivity contribution in [1.82, 2.24) is 5.48 Å². The number of benzene rings is 1. The average molecular weight is 295 g/mol. The molecular weight excluding hydrogens is 270 g/mol. The normalized spacial score (nSPS) is 13.6. The SMILES string of the molecule is C=C(C)NOC(C)COc1ccc(SC(C)CC)cc1. The molecular formula is C16H25NO2S. The van der Waals surface area contributed by atoms with Crippen molar-refractivity contribution < 1.29 is 9.57 Å². The third-order valence-corrected chi connectivity index (χ3v) is 3.93. The summed E-state index contributed by atoms with van der Waals surface area (Å²) in [5.41, 5.74) is 3.52. The summed E-state index contributed by atoms with van der Waals surface area (Å²) in [6.45, 7) is 12.4. The maximum Gasteiger partial charge on any atom is 0.119 e. The maximum absolute atomic E-state index is 5.68. The van der Waals surface area contributed by atoms with Gasteiger partial charge in [0.15, 0.2) is 0 Å². The summed E-state index contributed by atoms with van der Waals surface area (Å²) >= 11 is 1.89. The van der Waals surface area contributed by atoms with E-state index in [0.29, 0.717) is 11.9 Å². The summed E-state index contributed by atoms with van der Waals surface area (Å²) < 4.78 is 5.68. The number of nitrogens with one attached hydrogen (secondary N) is 1. The van der Waals surface area contributed by atoms with Crippen LogP contribution in [0.25, 0.3) is 0 Å². The summed E-state index contributed by atoms with van der Waals surface area (Å²) in [5, 5.41) is 0.642. The molecule has 0 saturated heterocycles. The summed E-state index contributed by atoms with van der Waals surface area (Å²) in [6, 6.07) is 8.21. The minimum absolute atomic E-state index is 0.0409. The molecule has 3 nitrogen and oxygen atoms in total. The number of hydrogen-bond acceptors (Lipinski definition) is 4. The Bertz CT molecular complexity index is 405. The first-order valence-corrected chi connectivity index (χ1v) is 7.86. The number of hydroxylamine groups is 1. The van der Waals surface area contributed by atoms with Gasteiger partial charge in [0.05, 0.1) is 0 Å². The molecule has 0 saturated carbocycles. The van der Waals surface area contributed by atoms with Gasteiger partial charge in [0.2, 0.25) is 0 Å². The van der Waals surface area contributed by atoms with Crippen LogP contribution in [0.3, 0.4) is 0 Å². The molecule has 1 N–H and O–H groups in total. The van der Waals surface area contributed by atoms with E-state index < -0.39 is 0 Å². The van der Waals surface area contributed by atoms with Gasteiger partial charge < -0.3 is 4.74 Å². The molecule has 1 aromatic rings. The summed E-state index contributed by atoms with van der Waals surface area (Å²) in [4.78, 5) is 6.62. The first kappa shape index (κ1) is 16.9. The molecule has 20 heavy (non-hydrogen) atoms. The quantitative estimate of drug-likeness (QED) is 0.540. The van der Waals surface area contributed by atoms with E-state index in [2.05, 4.69) is 38.0 Å². The highest BCUT2D eigenvalue weighted by atomic mass is 32.2. The lowest BCUT2D eigenvalue weighted by Gasteiger charge is -2.15. The van der Waals surface area contributed by atoms with Gasteiger partial charge in [0, 0.05) is 15.8 Å². The largest absolute Gasteiger partial charge is 0.491 e. The molecule has 2 atom stereocenters. The molecule has 0 aromatic heterocycles. The molecule has 0 spiro atoms.